The Hall–Kier alpha value is -3.69. The Morgan fingerprint density at radius 2 is 1.79 bits per heavy atom. The van der Waals surface area contributed by atoms with E-state index in [1.165, 1.54) is 22.9 Å². The minimum absolute atomic E-state index is 0.0750. The summed E-state index contributed by atoms with van der Waals surface area (Å²) in [4.78, 5) is 12.4. The molecule has 146 valence electrons. The number of rotatable bonds is 2. The van der Waals surface area contributed by atoms with Gasteiger partial charge in [0.25, 0.3) is 0 Å². The Morgan fingerprint density at radius 1 is 1.03 bits per heavy atom. The van der Waals surface area contributed by atoms with Crippen LogP contribution in [0, 0.1) is 25.5 Å². The lowest BCUT2D eigenvalue weighted by atomic mass is 9.85. The molecular formula is C19H15F2N7O. The summed E-state index contributed by atoms with van der Waals surface area (Å²) in [5, 5.41) is 19.7. The van der Waals surface area contributed by atoms with Crippen molar-refractivity contribution in [3.63, 3.8) is 0 Å². The summed E-state index contributed by atoms with van der Waals surface area (Å²) < 4.78 is 32.0. The molecule has 0 spiro atoms. The Labute approximate surface area is 163 Å². The summed E-state index contributed by atoms with van der Waals surface area (Å²) in [6.07, 6.45) is -0.0750. The third kappa shape index (κ3) is 2.59. The molecule has 1 N–H and O–H groups in total. The van der Waals surface area contributed by atoms with E-state index in [1.807, 2.05) is 0 Å². The molecule has 0 radical (unpaired) electrons. The van der Waals surface area contributed by atoms with E-state index in [1.54, 1.807) is 30.5 Å². The van der Waals surface area contributed by atoms with Gasteiger partial charge in [-0.3, -0.25) is 4.79 Å². The van der Waals surface area contributed by atoms with Crippen LogP contribution in [-0.4, -0.2) is 35.5 Å². The number of hydrogen-bond donors (Lipinski definition) is 1. The van der Waals surface area contributed by atoms with Gasteiger partial charge in [0.1, 0.15) is 17.5 Å². The molecule has 10 heteroatoms. The Morgan fingerprint density at radius 3 is 2.55 bits per heavy atom. The van der Waals surface area contributed by atoms with Crippen LogP contribution in [0.15, 0.2) is 30.3 Å². The Balaban J connectivity index is 1.72. The van der Waals surface area contributed by atoms with Crippen molar-refractivity contribution in [3.8, 4) is 5.82 Å². The number of benzene rings is 1. The molecule has 1 atom stereocenters. The lowest BCUT2D eigenvalue weighted by Gasteiger charge is -2.24. The molecule has 1 aliphatic heterocycles. The van der Waals surface area contributed by atoms with Gasteiger partial charge in [-0.2, -0.15) is 14.3 Å². The molecule has 29 heavy (non-hydrogen) atoms. The zero-order valence-corrected chi connectivity index (χ0v) is 15.5. The van der Waals surface area contributed by atoms with Gasteiger partial charge in [0.15, 0.2) is 17.3 Å². The number of nitrogens with one attached hydrogen (secondary N) is 1. The third-order valence-electron chi connectivity index (χ3n) is 5.07. The maximum Gasteiger partial charge on any atom is 0.226 e. The predicted molar refractivity (Wildman–Crippen MR) is 98.8 cm³/mol. The summed E-state index contributed by atoms with van der Waals surface area (Å²) in [7, 11) is 0. The summed E-state index contributed by atoms with van der Waals surface area (Å²) in [6.45, 7) is 3.50. The van der Waals surface area contributed by atoms with Crippen LogP contribution in [-0.2, 0) is 4.79 Å². The highest BCUT2D eigenvalue weighted by molar-refractivity contribution is 5.95. The second-order valence-electron chi connectivity index (χ2n) is 6.91. The first kappa shape index (κ1) is 17.4. The normalized spacial score (nSPS) is 16.1. The molecule has 0 aliphatic carbocycles. The maximum atomic E-state index is 14.5. The second kappa shape index (κ2) is 6.16. The molecule has 1 aliphatic rings. The monoisotopic (exact) mass is 395 g/mol. The highest BCUT2D eigenvalue weighted by Gasteiger charge is 2.35. The quantitative estimate of drug-likeness (QED) is 0.564. The minimum atomic E-state index is -0.783. The van der Waals surface area contributed by atoms with Gasteiger partial charge >= 0.3 is 0 Å². The summed E-state index contributed by atoms with van der Waals surface area (Å²) in [5.41, 5.74) is 1.55. The van der Waals surface area contributed by atoms with Crippen molar-refractivity contribution in [2.75, 3.05) is 5.32 Å². The fourth-order valence-corrected chi connectivity index (χ4v) is 3.80. The van der Waals surface area contributed by atoms with Gasteiger partial charge < -0.3 is 5.32 Å². The fourth-order valence-electron chi connectivity index (χ4n) is 3.80. The Kier molecular flexibility index (Phi) is 3.70. The molecule has 4 aromatic rings. The predicted octanol–water partition coefficient (Wildman–Crippen LogP) is 2.68. The number of anilines is 1. The van der Waals surface area contributed by atoms with Gasteiger partial charge in [0.05, 0.1) is 5.69 Å². The van der Waals surface area contributed by atoms with E-state index in [0.717, 1.165) is 0 Å². The zero-order valence-electron chi connectivity index (χ0n) is 15.5. The van der Waals surface area contributed by atoms with Gasteiger partial charge in [0, 0.05) is 23.5 Å². The summed E-state index contributed by atoms with van der Waals surface area (Å²) in [5.74, 6) is -1.16. The van der Waals surface area contributed by atoms with E-state index in [4.69, 9.17) is 0 Å². The number of hydrogen-bond acceptors (Lipinski definition) is 5. The molecule has 0 saturated heterocycles. The van der Waals surface area contributed by atoms with E-state index in [0.29, 0.717) is 34.4 Å². The van der Waals surface area contributed by atoms with Gasteiger partial charge in [-0.15, -0.1) is 15.3 Å². The molecule has 1 unspecified atom stereocenters. The molecule has 1 aromatic carbocycles. The highest BCUT2D eigenvalue weighted by atomic mass is 19.1. The molecule has 3 aromatic heterocycles. The van der Waals surface area contributed by atoms with E-state index in [-0.39, 0.29) is 17.9 Å². The molecule has 0 bridgehead atoms. The number of aromatic nitrogens is 6. The molecular weight excluding hydrogens is 380 g/mol. The van der Waals surface area contributed by atoms with Crippen LogP contribution < -0.4 is 5.32 Å². The SMILES string of the molecule is Cc1nn(-c2ccc3nnc(C)n3n2)c2c1C(c1c(F)cccc1F)CC(=O)N2. The number of halogens is 2. The van der Waals surface area contributed by atoms with Crippen LogP contribution in [0.3, 0.4) is 0 Å². The molecule has 1 amide bonds. The molecule has 4 heterocycles. The number of fused-ring (bicyclic) bond motifs is 2. The zero-order chi connectivity index (χ0) is 20.3. The average Bonchev–Trinajstić information content (AvgIpc) is 3.21. The van der Waals surface area contributed by atoms with Crippen molar-refractivity contribution in [2.24, 2.45) is 0 Å². The smallest absolute Gasteiger partial charge is 0.226 e. The minimum Gasteiger partial charge on any atom is -0.310 e. The first-order chi connectivity index (χ1) is 13.9. The Bertz CT molecular complexity index is 1270. The largest absolute Gasteiger partial charge is 0.310 e. The van der Waals surface area contributed by atoms with Crippen molar-refractivity contribution >= 4 is 17.4 Å². The first-order valence-electron chi connectivity index (χ1n) is 8.96. The highest BCUT2D eigenvalue weighted by Crippen LogP contribution is 2.41. The van der Waals surface area contributed by atoms with Gasteiger partial charge in [-0.1, -0.05) is 6.07 Å². The van der Waals surface area contributed by atoms with Gasteiger partial charge in [-0.05, 0) is 38.1 Å². The van der Waals surface area contributed by atoms with Crippen molar-refractivity contribution < 1.29 is 13.6 Å². The van der Waals surface area contributed by atoms with Crippen molar-refractivity contribution in [2.45, 2.75) is 26.2 Å². The number of nitrogens with zero attached hydrogens (tertiary/aromatic N) is 6. The van der Waals surface area contributed by atoms with Crippen molar-refractivity contribution in [1.82, 2.24) is 29.6 Å². The van der Waals surface area contributed by atoms with Crippen molar-refractivity contribution in [3.05, 3.63) is 64.6 Å². The van der Waals surface area contributed by atoms with Crippen LogP contribution in [0.5, 0.6) is 0 Å². The van der Waals surface area contributed by atoms with Crippen LogP contribution in [0.4, 0.5) is 14.6 Å². The van der Waals surface area contributed by atoms with E-state index >= 15 is 0 Å². The summed E-state index contributed by atoms with van der Waals surface area (Å²) >= 11 is 0. The molecule has 0 fully saturated rings. The number of carbonyl (C=O) groups is 1. The lowest BCUT2D eigenvalue weighted by molar-refractivity contribution is -0.116. The first-order valence-corrected chi connectivity index (χ1v) is 8.96. The lowest BCUT2D eigenvalue weighted by Crippen LogP contribution is -2.26. The maximum absolute atomic E-state index is 14.5. The second-order valence-corrected chi connectivity index (χ2v) is 6.91. The average molecular weight is 395 g/mol. The molecule has 8 nitrogen and oxygen atoms in total. The van der Waals surface area contributed by atoms with Gasteiger partial charge in [-0.25, -0.2) is 8.78 Å². The molecule has 5 rings (SSSR count). The third-order valence-corrected chi connectivity index (χ3v) is 5.07. The standard InChI is InChI=1S/C19H15F2N7O/c1-9-17-11(18-12(20)4-3-5-13(18)21)8-16(29)22-19(17)28(25-9)15-7-6-14-24-23-10(2)27(14)26-15/h3-7,11H,8H2,1-2H3,(H,22,29). The van der Waals surface area contributed by atoms with Crippen LogP contribution >= 0.6 is 0 Å². The number of aryl methyl sites for hydroxylation is 2. The van der Waals surface area contributed by atoms with Crippen molar-refractivity contribution in [1.29, 1.82) is 0 Å². The van der Waals surface area contributed by atoms with E-state index < -0.39 is 17.6 Å². The number of carbonyl (C=O) groups excluding carboxylic acids is 1. The molecule has 0 saturated carbocycles. The van der Waals surface area contributed by atoms with Gasteiger partial charge in [0.2, 0.25) is 5.91 Å². The fraction of sp³-hybridized carbons (Fsp3) is 0.211. The van der Waals surface area contributed by atoms with Crippen LogP contribution in [0.2, 0.25) is 0 Å². The number of amides is 1. The summed E-state index contributed by atoms with van der Waals surface area (Å²) in [6, 6.07) is 7.10. The van der Waals surface area contributed by atoms with Crippen LogP contribution in [0.25, 0.3) is 11.5 Å². The van der Waals surface area contributed by atoms with E-state index in [2.05, 4.69) is 25.7 Å². The van der Waals surface area contributed by atoms with Crippen LogP contribution in [0.1, 0.15) is 35.0 Å². The topological polar surface area (TPSA) is 90.0 Å². The van der Waals surface area contributed by atoms with E-state index in [9.17, 15) is 13.6 Å².